The summed E-state index contributed by atoms with van der Waals surface area (Å²) < 4.78 is 1.08. The third kappa shape index (κ3) is 2.22. The normalized spacial score (nSPS) is 17.3. The number of nitrogens with one attached hydrogen (secondary N) is 1. The van der Waals surface area contributed by atoms with Gasteiger partial charge in [-0.15, -0.1) is 11.3 Å². The monoisotopic (exact) mass is 321 g/mol. The van der Waals surface area contributed by atoms with Gasteiger partial charge in [-0.05, 0) is 39.7 Å². The standard InChI is InChI=1S/C14H12BrNOS/c15-14-6-5-9(18-14)7-13(17)11-8-16-12-4-2-1-3-10(11)12/h1-6,11,16H,7-8H2. The van der Waals surface area contributed by atoms with Crippen molar-refractivity contribution < 1.29 is 4.79 Å². The number of para-hydroxylation sites is 1. The van der Waals surface area contributed by atoms with Crippen molar-refractivity contribution >= 4 is 38.7 Å². The molecule has 92 valence electrons. The van der Waals surface area contributed by atoms with Crippen LogP contribution in [-0.2, 0) is 11.2 Å². The van der Waals surface area contributed by atoms with E-state index in [2.05, 4.69) is 21.2 Å². The molecule has 2 nitrogen and oxygen atoms in total. The van der Waals surface area contributed by atoms with E-state index in [1.54, 1.807) is 11.3 Å². The molecule has 1 N–H and O–H groups in total. The third-order valence-electron chi connectivity index (χ3n) is 3.20. The number of rotatable bonds is 3. The number of halogens is 1. The van der Waals surface area contributed by atoms with Crippen LogP contribution in [0.3, 0.4) is 0 Å². The zero-order chi connectivity index (χ0) is 12.5. The zero-order valence-corrected chi connectivity index (χ0v) is 12.1. The molecule has 0 radical (unpaired) electrons. The Kier molecular flexibility index (Phi) is 3.22. The van der Waals surface area contributed by atoms with E-state index in [1.807, 2.05) is 36.4 Å². The summed E-state index contributed by atoms with van der Waals surface area (Å²) in [6, 6.07) is 12.1. The van der Waals surface area contributed by atoms with Gasteiger partial charge in [0.25, 0.3) is 0 Å². The highest BCUT2D eigenvalue weighted by Gasteiger charge is 2.27. The molecule has 0 fully saturated rings. The van der Waals surface area contributed by atoms with Crippen molar-refractivity contribution in [2.75, 3.05) is 11.9 Å². The van der Waals surface area contributed by atoms with Crippen LogP contribution in [0.2, 0.25) is 0 Å². The summed E-state index contributed by atoms with van der Waals surface area (Å²) in [4.78, 5) is 13.5. The van der Waals surface area contributed by atoms with Gasteiger partial charge in [0, 0.05) is 23.5 Å². The van der Waals surface area contributed by atoms with E-state index in [4.69, 9.17) is 0 Å². The molecular weight excluding hydrogens is 310 g/mol. The summed E-state index contributed by atoms with van der Waals surface area (Å²) in [7, 11) is 0. The van der Waals surface area contributed by atoms with Crippen LogP contribution in [0, 0.1) is 0 Å². The molecular formula is C14H12BrNOS. The molecule has 0 bridgehead atoms. The van der Waals surface area contributed by atoms with E-state index < -0.39 is 0 Å². The van der Waals surface area contributed by atoms with Gasteiger partial charge in [-0.3, -0.25) is 4.79 Å². The number of ketones is 1. The van der Waals surface area contributed by atoms with E-state index in [0.29, 0.717) is 12.2 Å². The average molecular weight is 322 g/mol. The lowest BCUT2D eigenvalue weighted by Gasteiger charge is -2.07. The predicted octanol–water partition coefficient (Wildman–Crippen LogP) is 3.83. The number of hydrogen-bond acceptors (Lipinski definition) is 3. The molecule has 2 heterocycles. The second-order valence-electron chi connectivity index (χ2n) is 4.37. The SMILES string of the molecule is O=C(Cc1ccc(Br)s1)C1CNc2ccccc21. The first-order chi connectivity index (χ1) is 8.74. The number of carbonyl (C=O) groups is 1. The van der Waals surface area contributed by atoms with E-state index in [-0.39, 0.29) is 5.92 Å². The van der Waals surface area contributed by atoms with Crippen LogP contribution in [-0.4, -0.2) is 12.3 Å². The van der Waals surface area contributed by atoms with Crippen molar-refractivity contribution in [3.63, 3.8) is 0 Å². The first kappa shape index (κ1) is 11.9. The molecule has 3 rings (SSSR count). The van der Waals surface area contributed by atoms with Crippen molar-refractivity contribution in [3.05, 3.63) is 50.6 Å². The van der Waals surface area contributed by atoms with Crippen LogP contribution in [0.25, 0.3) is 0 Å². The van der Waals surface area contributed by atoms with Gasteiger partial charge in [-0.2, -0.15) is 0 Å². The van der Waals surface area contributed by atoms with Crippen molar-refractivity contribution in [1.82, 2.24) is 0 Å². The highest BCUT2D eigenvalue weighted by molar-refractivity contribution is 9.11. The van der Waals surface area contributed by atoms with Crippen LogP contribution >= 0.6 is 27.3 Å². The van der Waals surface area contributed by atoms with Crippen LogP contribution in [0.5, 0.6) is 0 Å². The van der Waals surface area contributed by atoms with Crippen LogP contribution in [0.4, 0.5) is 5.69 Å². The minimum Gasteiger partial charge on any atom is -0.384 e. The summed E-state index contributed by atoms with van der Waals surface area (Å²) in [6.45, 7) is 0.727. The largest absolute Gasteiger partial charge is 0.384 e. The number of anilines is 1. The summed E-state index contributed by atoms with van der Waals surface area (Å²) in [5.74, 6) is 0.295. The Morgan fingerprint density at radius 1 is 1.33 bits per heavy atom. The molecule has 0 saturated heterocycles. The lowest BCUT2D eigenvalue weighted by Crippen LogP contribution is -2.16. The van der Waals surface area contributed by atoms with E-state index in [9.17, 15) is 4.79 Å². The zero-order valence-electron chi connectivity index (χ0n) is 9.65. The Balaban J connectivity index is 1.78. The van der Waals surface area contributed by atoms with Gasteiger partial charge in [0.15, 0.2) is 0 Å². The number of thiophene rings is 1. The molecule has 0 amide bonds. The fourth-order valence-electron chi connectivity index (χ4n) is 2.31. The second-order valence-corrected chi connectivity index (χ2v) is 6.92. The van der Waals surface area contributed by atoms with Gasteiger partial charge < -0.3 is 5.32 Å². The molecule has 1 aromatic carbocycles. The minimum absolute atomic E-state index is 0.00192. The molecule has 1 aliphatic heterocycles. The predicted molar refractivity (Wildman–Crippen MR) is 78.4 cm³/mol. The molecule has 0 spiro atoms. The minimum atomic E-state index is 0.00192. The highest BCUT2D eigenvalue weighted by Crippen LogP contribution is 2.33. The molecule has 0 aliphatic carbocycles. The van der Waals surface area contributed by atoms with Gasteiger partial charge >= 0.3 is 0 Å². The van der Waals surface area contributed by atoms with Gasteiger partial charge in [0.05, 0.1) is 9.70 Å². The number of Topliss-reactive ketones (excluding diaryl/α,β-unsaturated/α-hetero) is 1. The van der Waals surface area contributed by atoms with Crippen LogP contribution < -0.4 is 5.32 Å². The maximum atomic E-state index is 12.3. The van der Waals surface area contributed by atoms with Crippen molar-refractivity contribution in [1.29, 1.82) is 0 Å². The fourth-order valence-corrected chi connectivity index (χ4v) is 3.81. The number of carbonyl (C=O) groups excluding carboxylic acids is 1. The van der Waals surface area contributed by atoms with Crippen LogP contribution in [0.1, 0.15) is 16.4 Å². The van der Waals surface area contributed by atoms with Crippen LogP contribution in [0.15, 0.2) is 40.2 Å². The quantitative estimate of drug-likeness (QED) is 0.930. The number of hydrogen-bond donors (Lipinski definition) is 1. The molecule has 2 aromatic rings. The lowest BCUT2D eigenvalue weighted by molar-refractivity contribution is -0.119. The second kappa shape index (κ2) is 4.86. The molecule has 4 heteroatoms. The summed E-state index contributed by atoms with van der Waals surface area (Å²) in [5.41, 5.74) is 2.24. The Hall–Kier alpha value is -1.13. The molecule has 1 unspecified atom stereocenters. The number of fused-ring (bicyclic) bond motifs is 1. The Morgan fingerprint density at radius 3 is 2.94 bits per heavy atom. The first-order valence-corrected chi connectivity index (χ1v) is 7.45. The fraction of sp³-hybridized carbons (Fsp3) is 0.214. The smallest absolute Gasteiger partial charge is 0.147 e. The average Bonchev–Trinajstić information content (AvgIpc) is 2.95. The third-order valence-corrected chi connectivity index (χ3v) is 4.82. The van der Waals surface area contributed by atoms with Gasteiger partial charge in [-0.25, -0.2) is 0 Å². The molecule has 0 saturated carbocycles. The molecule has 18 heavy (non-hydrogen) atoms. The molecule has 1 aromatic heterocycles. The summed E-state index contributed by atoms with van der Waals surface area (Å²) >= 11 is 5.06. The van der Waals surface area contributed by atoms with Crippen molar-refractivity contribution in [3.8, 4) is 0 Å². The molecule has 1 atom stereocenters. The summed E-state index contributed by atoms with van der Waals surface area (Å²) in [5, 5.41) is 3.30. The van der Waals surface area contributed by atoms with Crippen molar-refractivity contribution in [2.24, 2.45) is 0 Å². The Bertz CT molecular complexity index is 593. The summed E-state index contributed by atoms with van der Waals surface area (Å²) in [6.07, 6.45) is 0.525. The van der Waals surface area contributed by atoms with E-state index >= 15 is 0 Å². The van der Waals surface area contributed by atoms with Gasteiger partial charge in [0.1, 0.15) is 5.78 Å². The Labute approximate surface area is 118 Å². The highest BCUT2D eigenvalue weighted by atomic mass is 79.9. The van der Waals surface area contributed by atoms with E-state index in [0.717, 1.165) is 26.5 Å². The number of benzene rings is 1. The maximum absolute atomic E-state index is 12.3. The Morgan fingerprint density at radius 2 is 2.17 bits per heavy atom. The van der Waals surface area contributed by atoms with Crippen molar-refractivity contribution in [2.45, 2.75) is 12.3 Å². The maximum Gasteiger partial charge on any atom is 0.147 e. The van der Waals surface area contributed by atoms with E-state index in [1.165, 1.54) is 0 Å². The van der Waals surface area contributed by atoms with Gasteiger partial charge in [-0.1, -0.05) is 18.2 Å². The lowest BCUT2D eigenvalue weighted by atomic mass is 9.95. The van der Waals surface area contributed by atoms with Gasteiger partial charge in [0.2, 0.25) is 0 Å². The topological polar surface area (TPSA) is 29.1 Å². The first-order valence-electron chi connectivity index (χ1n) is 5.84. The molecule has 1 aliphatic rings.